The summed E-state index contributed by atoms with van der Waals surface area (Å²) in [6.07, 6.45) is 2.84. The average molecular weight is 664 g/mol. The molecule has 2 heterocycles. The highest BCUT2D eigenvalue weighted by Crippen LogP contribution is 2.34. The molecule has 0 saturated heterocycles. The first-order valence-electron chi connectivity index (χ1n) is 10.2. The topological polar surface area (TPSA) is 163 Å². The van der Waals surface area contributed by atoms with Crippen molar-refractivity contribution in [3.63, 3.8) is 0 Å². The molecule has 0 atom stereocenters. The van der Waals surface area contributed by atoms with Gasteiger partial charge in [-0.25, -0.2) is 19.9 Å². The molecule has 0 spiro atoms. The van der Waals surface area contributed by atoms with Crippen LogP contribution in [0.1, 0.15) is 5.56 Å². The molecule has 0 aliphatic heterocycles. The number of aliphatic hydroxyl groups is 1. The maximum Gasteiger partial charge on any atom is 0.569 e. The summed E-state index contributed by atoms with van der Waals surface area (Å²) in [7, 11) is 2.11. The molecule has 2 aromatic carbocycles. The second-order valence-corrected chi connectivity index (χ2v) is 9.17. The van der Waals surface area contributed by atoms with Crippen LogP contribution < -0.4 is 20.9 Å². The van der Waals surface area contributed by atoms with Crippen molar-refractivity contribution in [1.29, 1.82) is 0 Å². The van der Waals surface area contributed by atoms with Crippen molar-refractivity contribution >= 4 is 81.7 Å². The molecule has 2 aromatic heterocycles. The van der Waals surface area contributed by atoms with Gasteiger partial charge in [0.15, 0.2) is 11.6 Å². The fourth-order valence-electron chi connectivity index (χ4n) is 2.65. The van der Waals surface area contributed by atoms with Crippen molar-refractivity contribution in [2.45, 2.75) is 6.61 Å². The van der Waals surface area contributed by atoms with Crippen molar-refractivity contribution in [3.8, 4) is 22.8 Å². The number of benzene rings is 2. The lowest BCUT2D eigenvalue weighted by atomic mass is 10.1. The van der Waals surface area contributed by atoms with E-state index in [1.54, 1.807) is 37.4 Å². The highest BCUT2D eigenvalue weighted by molar-refractivity contribution is 9.10. The normalized spacial score (nSPS) is 9.89. The van der Waals surface area contributed by atoms with E-state index in [-0.39, 0.29) is 17.6 Å². The summed E-state index contributed by atoms with van der Waals surface area (Å²) >= 11 is 25.8. The number of ether oxygens (including phenoxy) is 1. The Morgan fingerprint density at radius 3 is 2.05 bits per heavy atom. The minimum atomic E-state index is -0.152. The van der Waals surface area contributed by atoms with E-state index in [4.69, 9.17) is 77.4 Å². The highest BCUT2D eigenvalue weighted by Gasteiger charge is 2.12. The van der Waals surface area contributed by atoms with Crippen LogP contribution in [0.25, 0.3) is 11.3 Å². The smallest absolute Gasteiger partial charge is 0.537 e. The quantitative estimate of drug-likeness (QED) is 0.207. The second kappa shape index (κ2) is 15.7. The number of methoxy groups -OCH3 is 1. The third kappa shape index (κ3) is 9.62. The molecule has 0 saturated carbocycles. The van der Waals surface area contributed by atoms with Gasteiger partial charge in [0.1, 0.15) is 32.1 Å². The Hall–Kier alpha value is -2.58. The number of hydrogen-bond donors (Lipinski definition) is 4. The van der Waals surface area contributed by atoms with E-state index in [1.165, 1.54) is 18.5 Å². The van der Waals surface area contributed by atoms with E-state index in [9.17, 15) is 0 Å². The standard InChI is InChI=1S/C11H9Cl2N3O.C7H7BClO3.C4H3BrClN3/c1-17-8-3-2-6(12)4-7(8)10-11(14)16-9(13)5-15-10;9-6-2-1-5(4-10)7(3-6)12-8-11;5-3-4(7)9-2(6)1-8-3/h2-5H,1H3,(H2,14,16);1-3,10-11H,4H2;1H,(H2,7,9). The molecule has 0 amide bonds. The number of hydrogen-bond acceptors (Lipinski definition) is 10. The molecule has 1 radical (unpaired) electrons. The van der Waals surface area contributed by atoms with E-state index in [2.05, 4.69) is 35.9 Å². The van der Waals surface area contributed by atoms with Gasteiger partial charge in [-0.2, -0.15) is 0 Å². The number of nitrogen functional groups attached to an aromatic ring is 2. The fourth-order valence-corrected chi connectivity index (χ4v) is 3.45. The summed E-state index contributed by atoms with van der Waals surface area (Å²) < 4.78 is 10.4. The molecule has 0 unspecified atom stereocenters. The van der Waals surface area contributed by atoms with E-state index >= 15 is 0 Å². The zero-order valence-electron chi connectivity index (χ0n) is 19.4. The number of rotatable bonds is 5. The molecule has 0 aliphatic carbocycles. The van der Waals surface area contributed by atoms with Crippen LogP contribution in [0.4, 0.5) is 11.6 Å². The van der Waals surface area contributed by atoms with Crippen LogP contribution in [-0.4, -0.2) is 44.9 Å². The van der Waals surface area contributed by atoms with E-state index in [1.807, 2.05) is 0 Å². The number of halogens is 5. The average Bonchev–Trinajstić information content (AvgIpc) is 2.88. The summed E-state index contributed by atoms with van der Waals surface area (Å²) in [6, 6.07) is 9.96. The van der Waals surface area contributed by atoms with Crippen LogP contribution in [0.2, 0.25) is 20.4 Å². The Morgan fingerprint density at radius 1 is 0.895 bits per heavy atom. The Kier molecular flexibility index (Phi) is 13.1. The third-order valence-corrected chi connectivity index (χ3v) is 5.73. The second-order valence-electron chi connectivity index (χ2n) is 6.77. The number of aromatic nitrogens is 4. The molecule has 38 heavy (non-hydrogen) atoms. The summed E-state index contributed by atoms with van der Waals surface area (Å²) in [4.78, 5) is 15.6. The minimum absolute atomic E-state index is 0.152. The Labute approximate surface area is 247 Å². The number of nitrogens with zero attached hydrogens (tertiary/aromatic N) is 4. The molecule has 4 aromatic rings. The van der Waals surface area contributed by atoms with Gasteiger partial charge >= 0.3 is 7.69 Å². The molecule has 199 valence electrons. The summed E-state index contributed by atoms with van der Waals surface area (Å²) in [5, 5.41) is 18.8. The number of nitrogens with two attached hydrogens (primary N) is 2. The minimum Gasteiger partial charge on any atom is -0.537 e. The van der Waals surface area contributed by atoms with Crippen molar-refractivity contribution in [3.05, 3.63) is 79.3 Å². The molecule has 16 heteroatoms. The van der Waals surface area contributed by atoms with E-state index in [0.717, 1.165) is 0 Å². The SMILES string of the molecule is COc1ccc(Cl)cc1-c1ncc(Cl)nc1N.Nc1nc(Cl)cnc1Br.O[B]Oc1cc(Cl)ccc1CO. The van der Waals surface area contributed by atoms with Gasteiger partial charge in [-0.05, 0) is 46.3 Å². The van der Waals surface area contributed by atoms with Crippen molar-refractivity contribution in [2.75, 3.05) is 18.6 Å². The lowest BCUT2D eigenvalue weighted by Gasteiger charge is -2.09. The fraction of sp³-hybridized carbons (Fsp3) is 0.0909. The van der Waals surface area contributed by atoms with Crippen molar-refractivity contribution in [1.82, 2.24) is 19.9 Å². The number of anilines is 2. The van der Waals surface area contributed by atoms with Crippen LogP contribution in [0.3, 0.4) is 0 Å². The summed E-state index contributed by atoms with van der Waals surface area (Å²) in [5.41, 5.74) is 12.8. The molecule has 6 N–H and O–H groups in total. The maximum atomic E-state index is 8.82. The Bertz CT molecular complexity index is 1380. The van der Waals surface area contributed by atoms with E-state index in [0.29, 0.717) is 61.6 Å². The molecule has 4 rings (SSSR count). The molecule has 0 aliphatic rings. The first-order chi connectivity index (χ1) is 18.1. The third-order valence-electron chi connectivity index (χ3n) is 4.29. The molecule has 0 bridgehead atoms. The Balaban J connectivity index is 0.000000212. The molecular formula is C22H19BBrCl4N6O4. The predicted octanol–water partition coefficient (Wildman–Crippen LogP) is 5.25. The zero-order chi connectivity index (χ0) is 28.2. The monoisotopic (exact) mass is 661 g/mol. The van der Waals surface area contributed by atoms with Crippen LogP contribution in [0, 0.1) is 0 Å². The zero-order valence-corrected chi connectivity index (χ0v) is 24.1. The van der Waals surface area contributed by atoms with Gasteiger partial charge in [0.2, 0.25) is 0 Å². The number of aliphatic hydroxyl groups excluding tert-OH is 1. The first-order valence-corrected chi connectivity index (χ1v) is 12.5. The summed E-state index contributed by atoms with van der Waals surface area (Å²) in [6.45, 7) is -0.152. The van der Waals surface area contributed by atoms with Crippen LogP contribution in [0.15, 0.2) is 53.4 Å². The van der Waals surface area contributed by atoms with Gasteiger partial charge in [-0.1, -0.05) is 52.5 Å². The lowest BCUT2D eigenvalue weighted by molar-refractivity contribution is 0.277. The van der Waals surface area contributed by atoms with Gasteiger partial charge < -0.3 is 31.0 Å². The van der Waals surface area contributed by atoms with Crippen LogP contribution in [0.5, 0.6) is 11.5 Å². The highest BCUT2D eigenvalue weighted by atomic mass is 79.9. The van der Waals surface area contributed by atoms with Gasteiger partial charge in [-0.15, -0.1) is 0 Å². The van der Waals surface area contributed by atoms with Crippen LogP contribution in [-0.2, 0) is 6.61 Å². The van der Waals surface area contributed by atoms with Gasteiger partial charge in [0, 0.05) is 21.2 Å². The van der Waals surface area contributed by atoms with Crippen LogP contribution >= 0.6 is 62.3 Å². The lowest BCUT2D eigenvalue weighted by Crippen LogP contribution is -2.02. The van der Waals surface area contributed by atoms with Crippen molar-refractivity contribution in [2.24, 2.45) is 0 Å². The largest absolute Gasteiger partial charge is 0.569 e. The first kappa shape index (κ1) is 31.6. The van der Waals surface area contributed by atoms with Gasteiger partial charge in [0.25, 0.3) is 0 Å². The van der Waals surface area contributed by atoms with Gasteiger partial charge in [0.05, 0.1) is 26.1 Å². The molecule has 0 fully saturated rings. The maximum absolute atomic E-state index is 8.82. The van der Waals surface area contributed by atoms with E-state index < -0.39 is 0 Å². The van der Waals surface area contributed by atoms with Crippen molar-refractivity contribution < 1.29 is 19.5 Å². The predicted molar refractivity (Wildman–Crippen MR) is 154 cm³/mol. The molecule has 10 nitrogen and oxygen atoms in total. The van der Waals surface area contributed by atoms with Gasteiger partial charge in [-0.3, -0.25) is 0 Å². The summed E-state index contributed by atoms with van der Waals surface area (Å²) in [5.74, 6) is 1.52. The molecular weight excluding hydrogens is 645 g/mol. The Morgan fingerprint density at radius 2 is 1.50 bits per heavy atom.